The van der Waals surface area contributed by atoms with Gasteiger partial charge in [-0.3, -0.25) is 4.79 Å². The lowest BCUT2D eigenvalue weighted by atomic mass is 9.95. The third kappa shape index (κ3) is 4.26. The number of hydrogen-bond acceptors (Lipinski definition) is 4. The smallest absolute Gasteiger partial charge is 0.283 e. The Morgan fingerprint density at radius 2 is 2.12 bits per heavy atom. The summed E-state index contributed by atoms with van der Waals surface area (Å²) in [5.74, 6) is 0.0635. The first-order valence-electron chi connectivity index (χ1n) is 7.59. The molecule has 7 heteroatoms. The summed E-state index contributed by atoms with van der Waals surface area (Å²) in [7, 11) is 1.51. The average molecular weight is 368 g/mol. The second-order valence-electron chi connectivity index (χ2n) is 6.37. The van der Waals surface area contributed by atoms with E-state index < -0.39 is 0 Å². The molecule has 0 aliphatic heterocycles. The van der Waals surface area contributed by atoms with Crippen LogP contribution >= 0.6 is 22.9 Å². The SMILES string of the molecule is COc1ccc(Cl)cc1C(=O)/N=c1\sc(C(C)(C)C)cn1CCN. The molecule has 0 radical (unpaired) electrons. The molecule has 0 aliphatic rings. The lowest BCUT2D eigenvalue weighted by Crippen LogP contribution is -2.20. The molecule has 0 spiro atoms. The van der Waals surface area contributed by atoms with Crippen molar-refractivity contribution in [3.8, 4) is 5.75 Å². The van der Waals surface area contributed by atoms with Crippen molar-refractivity contribution in [2.24, 2.45) is 10.7 Å². The fourth-order valence-electron chi connectivity index (χ4n) is 2.11. The van der Waals surface area contributed by atoms with Crippen molar-refractivity contribution in [3.05, 3.63) is 44.7 Å². The second kappa shape index (κ2) is 7.51. The maximum absolute atomic E-state index is 12.6. The minimum Gasteiger partial charge on any atom is -0.496 e. The molecule has 0 aliphatic carbocycles. The van der Waals surface area contributed by atoms with E-state index in [-0.39, 0.29) is 11.3 Å². The molecule has 2 rings (SSSR count). The van der Waals surface area contributed by atoms with Crippen LogP contribution in [0.2, 0.25) is 5.02 Å². The van der Waals surface area contributed by atoms with Crippen LogP contribution in [-0.2, 0) is 12.0 Å². The normalized spacial score (nSPS) is 12.5. The maximum Gasteiger partial charge on any atom is 0.283 e. The van der Waals surface area contributed by atoms with Crippen molar-refractivity contribution >= 4 is 28.8 Å². The molecule has 0 bridgehead atoms. The molecule has 2 aromatic rings. The predicted molar refractivity (Wildman–Crippen MR) is 98.0 cm³/mol. The lowest BCUT2D eigenvalue weighted by Gasteiger charge is -2.14. The number of ether oxygens (including phenoxy) is 1. The standard InChI is InChI=1S/C17H22ClN3O2S/c1-17(2,3)14-10-21(8-7-19)16(24-14)20-15(22)12-9-11(18)5-6-13(12)23-4/h5-6,9-10H,7-8,19H2,1-4H3/b20-16-. The molecular weight excluding hydrogens is 346 g/mol. The molecule has 0 atom stereocenters. The number of carbonyl (C=O) groups is 1. The molecular formula is C17H22ClN3O2S. The number of methoxy groups -OCH3 is 1. The fourth-order valence-corrected chi connectivity index (χ4v) is 3.35. The van der Waals surface area contributed by atoms with Gasteiger partial charge in [0.15, 0.2) is 4.80 Å². The van der Waals surface area contributed by atoms with E-state index in [0.29, 0.717) is 34.2 Å². The highest BCUT2D eigenvalue weighted by Gasteiger charge is 2.19. The van der Waals surface area contributed by atoms with Crippen LogP contribution in [0, 0.1) is 0 Å². The van der Waals surface area contributed by atoms with E-state index >= 15 is 0 Å². The zero-order valence-electron chi connectivity index (χ0n) is 14.3. The molecule has 0 unspecified atom stereocenters. The van der Waals surface area contributed by atoms with Gasteiger partial charge in [0.25, 0.3) is 5.91 Å². The number of amides is 1. The van der Waals surface area contributed by atoms with E-state index in [0.717, 1.165) is 4.88 Å². The number of benzene rings is 1. The van der Waals surface area contributed by atoms with Crippen molar-refractivity contribution in [1.82, 2.24) is 4.57 Å². The summed E-state index contributed by atoms with van der Waals surface area (Å²) in [6, 6.07) is 4.90. The molecule has 24 heavy (non-hydrogen) atoms. The number of aromatic nitrogens is 1. The first-order valence-corrected chi connectivity index (χ1v) is 8.79. The molecule has 1 amide bonds. The Labute approximate surface area is 150 Å². The van der Waals surface area contributed by atoms with Crippen molar-refractivity contribution in [1.29, 1.82) is 0 Å². The summed E-state index contributed by atoms with van der Waals surface area (Å²) >= 11 is 7.49. The van der Waals surface area contributed by atoms with E-state index in [1.54, 1.807) is 18.2 Å². The summed E-state index contributed by atoms with van der Waals surface area (Å²) in [5.41, 5.74) is 6.00. The highest BCUT2D eigenvalue weighted by atomic mass is 35.5. The van der Waals surface area contributed by atoms with Gasteiger partial charge in [0, 0.05) is 29.2 Å². The third-order valence-electron chi connectivity index (χ3n) is 3.42. The number of hydrogen-bond donors (Lipinski definition) is 1. The molecule has 1 heterocycles. The second-order valence-corrected chi connectivity index (χ2v) is 7.82. The predicted octanol–water partition coefficient (Wildman–Crippen LogP) is 3.21. The average Bonchev–Trinajstić information content (AvgIpc) is 2.90. The van der Waals surface area contributed by atoms with Gasteiger partial charge in [0.2, 0.25) is 0 Å². The Morgan fingerprint density at radius 1 is 1.42 bits per heavy atom. The van der Waals surface area contributed by atoms with Crippen LogP contribution in [-0.4, -0.2) is 24.1 Å². The number of thiazole rings is 1. The van der Waals surface area contributed by atoms with Crippen molar-refractivity contribution < 1.29 is 9.53 Å². The van der Waals surface area contributed by atoms with E-state index in [4.69, 9.17) is 22.1 Å². The highest BCUT2D eigenvalue weighted by Crippen LogP contribution is 2.25. The molecule has 1 aromatic carbocycles. The van der Waals surface area contributed by atoms with E-state index in [2.05, 4.69) is 25.8 Å². The van der Waals surface area contributed by atoms with Crippen LogP contribution in [0.25, 0.3) is 0 Å². The van der Waals surface area contributed by atoms with Crippen LogP contribution < -0.4 is 15.3 Å². The number of carbonyl (C=O) groups excluding carboxylic acids is 1. The van der Waals surface area contributed by atoms with E-state index in [1.807, 2.05) is 10.8 Å². The van der Waals surface area contributed by atoms with Gasteiger partial charge in [-0.15, -0.1) is 11.3 Å². The molecule has 2 N–H and O–H groups in total. The number of halogens is 1. The topological polar surface area (TPSA) is 69.6 Å². The van der Waals surface area contributed by atoms with Crippen LogP contribution in [0.5, 0.6) is 5.75 Å². The van der Waals surface area contributed by atoms with Gasteiger partial charge in [0.1, 0.15) is 5.75 Å². The van der Waals surface area contributed by atoms with Crippen LogP contribution in [0.3, 0.4) is 0 Å². The molecule has 0 fully saturated rings. The minimum atomic E-state index is -0.387. The van der Waals surface area contributed by atoms with Gasteiger partial charge in [0.05, 0.1) is 12.7 Å². The van der Waals surface area contributed by atoms with Gasteiger partial charge >= 0.3 is 0 Å². The van der Waals surface area contributed by atoms with Gasteiger partial charge in [-0.2, -0.15) is 4.99 Å². The molecule has 130 valence electrons. The third-order valence-corrected chi connectivity index (χ3v) is 5.10. The molecule has 0 saturated carbocycles. The van der Waals surface area contributed by atoms with Gasteiger partial charge in [-0.1, -0.05) is 32.4 Å². The van der Waals surface area contributed by atoms with Gasteiger partial charge in [-0.25, -0.2) is 0 Å². The van der Waals surface area contributed by atoms with Crippen molar-refractivity contribution in [2.75, 3.05) is 13.7 Å². The monoisotopic (exact) mass is 367 g/mol. The maximum atomic E-state index is 12.6. The van der Waals surface area contributed by atoms with E-state index in [9.17, 15) is 4.79 Å². The van der Waals surface area contributed by atoms with Crippen LogP contribution in [0.4, 0.5) is 0 Å². The number of nitrogens with zero attached hydrogens (tertiary/aromatic N) is 2. The summed E-state index contributed by atoms with van der Waals surface area (Å²) in [6.45, 7) is 7.44. The zero-order chi connectivity index (χ0) is 17.9. The Hall–Kier alpha value is -1.63. The largest absolute Gasteiger partial charge is 0.496 e. The summed E-state index contributed by atoms with van der Waals surface area (Å²) in [6.07, 6.45) is 2.01. The van der Waals surface area contributed by atoms with Crippen LogP contribution in [0.1, 0.15) is 36.0 Å². The number of rotatable bonds is 4. The van der Waals surface area contributed by atoms with Gasteiger partial charge < -0.3 is 15.0 Å². The Kier molecular flexibility index (Phi) is 5.85. The summed E-state index contributed by atoms with van der Waals surface area (Å²) in [5, 5.41) is 0.464. The Balaban J connectivity index is 2.52. The first-order chi connectivity index (χ1) is 11.3. The first kappa shape index (κ1) is 18.7. The fraction of sp³-hybridized carbons (Fsp3) is 0.412. The minimum absolute atomic E-state index is 0.0222. The highest BCUT2D eigenvalue weighted by molar-refractivity contribution is 7.09. The van der Waals surface area contributed by atoms with Gasteiger partial charge in [-0.05, 0) is 23.6 Å². The summed E-state index contributed by atoms with van der Waals surface area (Å²) < 4.78 is 7.15. The van der Waals surface area contributed by atoms with Crippen molar-refractivity contribution in [3.63, 3.8) is 0 Å². The summed E-state index contributed by atoms with van der Waals surface area (Å²) in [4.78, 5) is 18.7. The Morgan fingerprint density at radius 3 is 2.71 bits per heavy atom. The van der Waals surface area contributed by atoms with Crippen molar-refractivity contribution in [2.45, 2.75) is 32.7 Å². The zero-order valence-corrected chi connectivity index (χ0v) is 15.9. The quantitative estimate of drug-likeness (QED) is 0.902. The van der Waals surface area contributed by atoms with Crippen LogP contribution in [0.15, 0.2) is 29.4 Å². The lowest BCUT2D eigenvalue weighted by molar-refractivity contribution is 0.0995. The molecule has 0 saturated heterocycles. The molecule has 1 aromatic heterocycles. The Bertz CT molecular complexity index is 803. The van der Waals surface area contributed by atoms with E-state index in [1.165, 1.54) is 18.4 Å². The molecule has 5 nitrogen and oxygen atoms in total. The number of nitrogens with two attached hydrogens (primary N) is 1.